The molecule has 1 aromatic heterocycles. The van der Waals surface area contributed by atoms with Gasteiger partial charge in [0.25, 0.3) is 0 Å². The summed E-state index contributed by atoms with van der Waals surface area (Å²) < 4.78 is 17.1. The van der Waals surface area contributed by atoms with Crippen molar-refractivity contribution in [1.82, 2.24) is 5.16 Å². The smallest absolute Gasteiger partial charge is 0.170 e. The summed E-state index contributed by atoms with van der Waals surface area (Å²) in [4.78, 5) is 0.463. The van der Waals surface area contributed by atoms with Crippen molar-refractivity contribution in [3.05, 3.63) is 60.4 Å². The van der Waals surface area contributed by atoms with Crippen molar-refractivity contribution >= 4 is 15.6 Å². The Morgan fingerprint density at radius 1 is 1.09 bits per heavy atom. The summed E-state index contributed by atoms with van der Waals surface area (Å²) in [6.07, 6.45) is 0. The van der Waals surface area contributed by atoms with E-state index in [1.807, 2.05) is 30.3 Å². The predicted molar refractivity (Wildman–Crippen MR) is 91.0 cm³/mol. The zero-order valence-electron chi connectivity index (χ0n) is 12.3. The summed E-state index contributed by atoms with van der Waals surface area (Å²) in [5.41, 5.74) is 3.03. The number of aliphatic hydroxyl groups is 1. The molecule has 1 heterocycles. The van der Waals surface area contributed by atoms with Crippen LogP contribution in [0.5, 0.6) is 0 Å². The van der Waals surface area contributed by atoms with Gasteiger partial charge in [-0.05, 0) is 23.6 Å². The molecule has 0 spiro atoms. The van der Waals surface area contributed by atoms with E-state index >= 15 is 0 Å². The quantitative estimate of drug-likeness (QED) is 0.720. The van der Waals surface area contributed by atoms with Crippen LogP contribution in [-0.4, -0.2) is 20.3 Å². The molecule has 3 rings (SSSR count). The Balaban J connectivity index is 2.14. The fourth-order valence-corrected chi connectivity index (χ4v) is 2.97. The summed E-state index contributed by atoms with van der Waals surface area (Å²) in [5, 5.41) is 19.1. The highest BCUT2D eigenvalue weighted by molar-refractivity contribution is 7.98. The number of hydrogen-bond donors (Lipinski definition) is 2. The largest absolute Gasteiger partial charge is 0.388 e. The average Bonchev–Trinajstić information content (AvgIpc) is 2.99. The van der Waals surface area contributed by atoms with Crippen LogP contribution in [-0.2, 0) is 16.3 Å². The number of aliphatic hydroxyl groups excluding tert-OH is 1. The molecule has 118 valence electrons. The Morgan fingerprint density at radius 2 is 1.74 bits per heavy atom. The van der Waals surface area contributed by atoms with Crippen molar-refractivity contribution in [2.24, 2.45) is 5.14 Å². The van der Waals surface area contributed by atoms with E-state index in [0.29, 0.717) is 21.9 Å². The van der Waals surface area contributed by atoms with Crippen LogP contribution in [0.1, 0.15) is 5.76 Å². The number of nitrogens with two attached hydrogens (primary N) is 1. The molecule has 1 atom stereocenters. The maximum absolute atomic E-state index is 11.8. The van der Waals surface area contributed by atoms with Crippen molar-refractivity contribution in [2.75, 3.05) is 0 Å². The monoisotopic (exact) mass is 328 g/mol. The molecular weight excluding hydrogens is 312 g/mol. The molecule has 1 unspecified atom stereocenters. The Labute approximate surface area is 134 Å². The molecule has 3 aromatic rings. The van der Waals surface area contributed by atoms with Gasteiger partial charge in [-0.15, -0.1) is 0 Å². The lowest BCUT2D eigenvalue weighted by Crippen LogP contribution is -2.11. The van der Waals surface area contributed by atoms with Crippen LogP contribution in [0.2, 0.25) is 0 Å². The normalized spacial score (nSPS) is 13.7. The highest BCUT2D eigenvalue weighted by Crippen LogP contribution is 2.34. The number of hydrogen-bond acceptors (Lipinski definition) is 4. The van der Waals surface area contributed by atoms with Crippen LogP contribution in [0.3, 0.4) is 0 Å². The Kier molecular flexibility index (Phi) is 4.04. The summed E-state index contributed by atoms with van der Waals surface area (Å²) in [7, 11) is -2.75. The molecule has 0 saturated heterocycles. The second-order valence-corrected chi connectivity index (χ2v) is 7.03. The number of benzene rings is 2. The van der Waals surface area contributed by atoms with Gasteiger partial charge < -0.3 is 9.63 Å². The van der Waals surface area contributed by atoms with E-state index in [2.05, 4.69) is 11.0 Å². The van der Waals surface area contributed by atoms with Gasteiger partial charge in [-0.2, -0.15) is 0 Å². The molecule has 0 aliphatic heterocycles. The molecule has 0 aliphatic carbocycles. The molecule has 23 heavy (non-hydrogen) atoms. The lowest BCUT2D eigenvalue weighted by Gasteiger charge is -2.06. The van der Waals surface area contributed by atoms with Gasteiger partial charge in [0.05, 0.1) is 15.3 Å². The van der Waals surface area contributed by atoms with Gasteiger partial charge in [0.15, 0.2) is 5.76 Å². The highest BCUT2D eigenvalue weighted by Gasteiger charge is 2.18. The van der Waals surface area contributed by atoms with Crippen molar-refractivity contribution in [3.8, 4) is 22.4 Å². The minimum absolute atomic E-state index is 0.264. The van der Waals surface area contributed by atoms with Gasteiger partial charge in [-0.3, -0.25) is 5.14 Å². The van der Waals surface area contributed by atoms with Crippen LogP contribution in [0, 0.1) is 0 Å². The first-order valence-corrected chi connectivity index (χ1v) is 8.70. The average molecular weight is 328 g/mol. The van der Waals surface area contributed by atoms with Crippen molar-refractivity contribution in [3.63, 3.8) is 0 Å². The zero-order chi connectivity index (χ0) is 16.4. The van der Waals surface area contributed by atoms with Gasteiger partial charge in [0.2, 0.25) is 0 Å². The van der Waals surface area contributed by atoms with E-state index in [1.165, 1.54) is 0 Å². The lowest BCUT2D eigenvalue weighted by atomic mass is 9.99. The predicted octanol–water partition coefficient (Wildman–Crippen LogP) is 2.45. The number of rotatable bonds is 4. The SMILES string of the molecule is C=S(N)(=O)c1ccc(-c2c(-c3ccccc3)noc2CO)cc1. The molecule has 0 saturated carbocycles. The summed E-state index contributed by atoms with van der Waals surface area (Å²) in [6, 6.07) is 16.4. The first-order valence-electron chi connectivity index (χ1n) is 6.91. The van der Waals surface area contributed by atoms with Gasteiger partial charge in [-0.25, -0.2) is 4.21 Å². The lowest BCUT2D eigenvalue weighted by molar-refractivity contribution is 0.230. The number of nitrogens with zero attached hydrogens (tertiary/aromatic N) is 1. The third-order valence-electron chi connectivity index (χ3n) is 3.50. The maximum Gasteiger partial charge on any atom is 0.170 e. The summed E-state index contributed by atoms with van der Waals surface area (Å²) in [5.74, 6) is 3.84. The topological polar surface area (TPSA) is 89.4 Å². The van der Waals surface area contributed by atoms with Crippen molar-refractivity contribution in [2.45, 2.75) is 11.5 Å². The van der Waals surface area contributed by atoms with E-state index < -0.39 is 9.71 Å². The summed E-state index contributed by atoms with van der Waals surface area (Å²) in [6.45, 7) is -0.264. The highest BCUT2D eigenvalue weighted by atomic mass is 32.2. The minimum Gasteiger partial charge on any atom is -0.388 e. The molecule has 0 bridgehead atoms. The fourth-order valence-electron chi connectivity index (χ4n) is 2.37. The third kappa shape index (κ3) is 3.05. The van der Waals surface area contributed by atoms with Gasteiger partial charge >= 0.3 is 0 Å². The Bertz CT molecular complexity index is 914. The standard InChI is InChI=1S/C17H16N2O3S/c1-23(18,21)14-9-7-12(8-10-14)16-15(11-20)22-19-17(16)13-5-3-2-4-6-13/h2-10,20H,1,11H2,(H2,18,21). The third-order valence-corrected chi connectivity index (χ3v) is 4.57. The molecule has 2 aromatic carbocycles. The molecule has 0 radical (unpaired) electrons. The zero-order valence-corrected chi connectivity index (χ0v) is 13.1. The molecule has 3 N–H and O–H groups in total. The van der Waals surface area contributed by atoms with Crippen LogP contribution < -0.4 is 5.14 Å². The van der Waals surface area contributed by atoms with Crippen LogP contribution in [0.4, 0.5) is 0 Å². The number of aromatic nitrogens is 1. The van der Waals surface area contributed by atoms with Crippen molar-refractivity contribution in [1.29, 1.82) is 0 Å². The minimum atomic E-state index is -2.75. The van der Waals surface area contributed by atoms with E-state index in [4.69, 9.17) is 9.66 Å². The van der Waals surface area contributed by atoms with Crippen LogP contribution in [0.25, 0.3) is 22.4 Å². The molecular formula is C17H16N2O3S. The molecule has 6 heteroatoms. The van der Waals surface area contributed by atoms with E-state index in [9.17, 15) is 9.32 Å². The molecule has 5 nitrogen and oxygen atoms in total. The first kappa shape index (κ1) is 15.5. The second-order valence-electron chi connectivity index (χ2n) is 5.10. The fraction of sp³-hybridized carbons (Fsp3) is 0.0588. The molecule has 0 fully saturated rings. The van der Waals surface area contributed by atoms with Crippen molar-refractivity contribution < 1.29 is 13.8 Å². The van der Waals surface area contributed by atoms with E-state index in [-0.39, 0.29) is 6.61 Å². The summed E-state index contributed by atoms with van der Waals surface area (Å²) >= 11 is 0. The molecule has 0 amide bonds. The van der Waals surface area contributed by atoms with Gasteiger partial charge in [-0.1, -0.05) is 47.6 Å². The Morgan fingerprint density at radius 3 is 2.30 bits per heavy atom. The maximum atomic E-state index is 11.8. The van der Waals surface area contributed by atoms with Gasteiger partial charge in [0.1, 0.15) is 12.3 Å². The second kappa shape index (κ2) is 6.00. The van der Waals surface area contributed by atoms with E-state index in [0.717, 1.165) is 11.1 Å². The van der Waals surface area contributed by atoms with Crippen LogP contribution >= 0.6 is 0 Å². The van der Waals surface area contributed by atoms with Gasteiger partial charge in [0, 0.05) is 10.5 Å². The molecule has 0 aliphatic rings. The van der Waals surface area contributed by atoms with Crippen LogP contribution in [0.15, 0.2) is 64.0 Å². The Hall–Kier alpha value is -2.41. The first-order chi connectivity index (χ1) is 11.0. The van der Waals surface area contributed by atoms with E-state index in [1.54, 1.807) is 24.3 Å².